The minimum atomic E-state index is -0.860. The first-order chi connectivity index (χ1) is 9.00. The van der Waals surface area contributed by atoms with E-state index in [4.69, 9.17) is 0 Å². The maximum Gasteiger partial charge on any atom is 0.335 e. The van der Waals surface area contributed by atoms with Gasteiger partial charge in [0, 0.05) is 0 Å². The molecule has 2 nitrogen and oxygen atoms in total. The third-order valence-electron chi connectivity index (χ3n) is 3.33. The van der Waals surface area contributed by atoms with Gasteiger partial charge in [-0.3, -0.25) is 0 Å². The lowest BCUT2D eigenvalue weighted by molar-refractivity contribution is 0.0695. The second kappa shape index (κ2) is 5.27. The van der Waals surface area contributed by atoms with Gasteiger partial charge in [0.1, 0.15) is 0 Å². The minimum Gasteiger partial charge on any atom is -0.478 e. The van der Waals surface area contributed by atoms with Gasteiger partial charge in [0.05, 0.1) is 5.56 Å². The molecule has 98 valence electrons. The van der Waals surface area contributed by atoms with Crippen LogP contribution in [-0.4, -0.2) is 11.1 Å². The quantitative estimate of drug-likeness (QED) is 0.876. The van der Waals surface area contributed by atoms with Gasteiger partial charge in [0.2, 0.25) is 0 Å². The smallest absolute Gasteiger partial charge is 0.335 e. The van der Waals surface area contributed by atoms with Gasteiger partial charge >= 0.3 is 5.97 Å². The lowest BCUT2D eigenvalue weighted by Crippen LogP contribution is -2.05. The Bertz CT molecular complexity index is 598. The van der Waals surface area contributed by atoms with E-state index in [2.05, 4.69) is 0 Å². The summed E-state index contributed by atoms with van der Waals surface area (Å²) in [5.41, 5.74) is 4.45. The van der Waals surface area contributed by atoms with Crippen molar-refractivity contribution in [3.8, 4) is 11.1 Å². The van der Waals surface area contributed by atoms with Crippen LogP contribution in [0, 0.1) is 6.92 Å². The van der Waals surface area contributed by atoms with E-state index < -0.39 is 5.97 Å². The third-order valence-corrected chi connectivity index (χ3v) is 3.33. The van der Waals surface area contributed by atoms with Gasteiger partial charge in [-0.15, -0.1) is 0 Å². The van der Waals surface area contributed by atoms with Crippen LogP contribution in [0.3, 0.4) is 0 Å². The average Bonchev–Trinajstić information content (AvgIpc) is 2.39. The predicted molar refractivity (Wildman–Crippen MR) is 77.7 cm³/mol. The molecule has 0 amide bonds. The number of benzene rings is 2. The van der Waals surface area contributed by atoms with Gasteiger partial charge < -0.3 is 5.11 Å². The van der Waals surface area contributed by atoms with Crippen molar-refractivity contribution >= 4 is 5.97 Å². The fourth-order valence-electron chi connectivity index (χ4n) is 2.32. The van der Waals surface area contributed by atoms with E-state index in [9.17, 15) is 9.90 Å². The highest BCUT2D eigenvalue weighted by atomic mass is 16.4. The number of rotatable bonds is 3. The van der Waals surface area contributed by atoms with Crippen molar-refractivity contribution < 1.29 is 9.90 Å². The van der Waals surface area contributed by atoms with E-state index >= 15 is 0 Å². The molecule has 0 unspecified atom stereocenters. The van der Waals surface area contributed by atoms with E-state index in [1.54, 1.807) is 6.07 Å². The highest BCUT2D eigenvalue weighted by Gasteiger charge is 2.16. The van der Waals surface area contributed by atoms with Crippen molar-refractivity contribution in [3.05, 3.63) is 59.2 Å². The molecule has 0 saturated heterocycles. The molecule has 0 aliphatic rings. The second-order valence-electron chi connectivity index (χ2n) is 5.08. The van der Waals surface area contributed by atoms with Crippen molar-refractivity contribution in [2.75, 3.05) is 0 Å². The highest BCUT2D eigenvalue weighted by Crippen LogP contribution is 2.30. The Hall–Kier alpha value is -2.09. The van der Waals surface area contributed by atoms with Crippen LogP contribution in [0.5, 0.6) is 0 Å². The summed E-state index contributed by atoms with van der Waals surface area (Å²) in [7, 11) is 0. The van der Waals surface area contributed by atoms with Gasteiger partial charge in [0.15, 0.2) is 0 Å². The number of aromatic carboxylic acids is 1. The number of carboxylic acid groups (broad SMARTS) is 1. The molecule has 0 bridgehead atoms. The summed E-state index contributed by atoms with van der Waals surface area (Å²) in [5, 5.41) is 9.38. The van der Waals surface area contributed by atoms with Crippen LogP contribution in [0.2, 0.25) is 0 Å². The van der Waals surface area contributed by atoms with Crippen LogP contribution in [-0.2, 0) is 0 Å². The van der Waals surface area contributed by atoms with E-state index in [0.717, 1.165) is 22.3 Å². The van der Waals surface area contributed by atoms with Crippen molar-refractivity contribution in [1.29, 1.82) is 0 Å². The summed E-state index contributed by atoms with van der Waals surface area (Å²) in [5.74, 6) is -0.657. The van der Waals surface area contributed by atoms with Crippen molar-refractivity contribution in [2.24, 2.45) is 0 Å². The molecule has 0 radical (unpaired) electrons. The lowest BCUT2D eigenvalue weighted by Gasteiger charge is -2.15. The molecule has 0 atom stereocenters. The Balaban J connectivity index is 2.65. The van der Waals surface area contributed by atoms with Gasteiger partial charge in [-0.2, -0.15) is 0 Å². The molecule has 1 N–H and O–H groups in total. The molecule has 0 heterocycles. The summed E-state index contributed by atoms with van der Waals surface area (Å²) < 4.78 is 0. The Labute approximate surface area is 113 Å². The SMILES string of the molecule is Cc1cc(C(C)C)c(C(=O)O)cc1-c1ccccc1. The van der Waals surface area contributed by atoms with Crippen LogP contribution in [0.1, 0.15) is 41.3 Å². The molecule has 0 fully saturated rings. The maximum absolute atomic E-state index is 11.4. The average molecular weight is 254 g/mol. The Morgan fingerprint density at radius 2 is 1.74 bits per heavy atom. The van der Waals surface area contributed by atoms with Gasteiger partial charge in [0.25, 0.3) is 0 Å². The minimum absolute atomic E-state index is 0.203. The predicted octanol–water partition coefficient (Wildman–Crippen LogP) is 4.48. The highest BCUT2D eigenvalue weighted by molar-refractivity contribution is 5.92. The maximum atomic E-state index is 11.4. The number of hydrogen-bond acceptors (Lipinski definition) is 1. The summed E-state index contributed by atoms with van der Waals surface area (Å²) >= 11 is 0. The van der Waals surface area contributed by atoms with Gasteiger partial charge in [-0.1, -0.05) is 50.2 Å². The molecule has 0 aliphatic carbocycles. The van der Waals surface area contributed by atoms with E-state index in [1.807, 2.05) is 57.2 Å². The molecule has 2 rings (SSSR count). The molecule has 0 aliphatic heterocycles. The molecule has 0 spiro atoms. The number of aryl methyl sites for hydroxylation is 1. The van der Waals surface area contributed by atoms with Crippen molar-refractivity contribution in [3.63, 3.8) is 0 Å². The van der Waals surface area contributed by atoms with Crippen LogP contribution >= 0.6 is 0 Å². The Kier molecular flexibility index (Phi) is 3.70. The first kappa shape index (κ1) is 13.3. The molecule has 2 heteroatoms. The zero-order valence-corrected chi connectivity index (χ0v) is 11.5. The Morgan fingerprint density at radius 3 is 2.26 bits per heavy atom. The van der Waals surface area contributed by atoms with Crippen LogP contribution in [0.15, 0.2) is 42.5 Å². The van der Waals surface area contributed by atoms with E-state index in [1.165, 1.54) is 0 Å². The second-order valence-corrected chi connectivity index (χ2v) is 5.08. The topological polar surface area (TPSA) is 37.3 Å². The first-order valence-electron chi connectivity index (χ1n) is 6.44. The first-order valence-corrected chi connectivity index (χ1v) is 6.44. The zero-order valence-electron chi connectivity index (χ0n) is 11.5. The zero-order chi connectivity index (χ0) is 14.0. The molecular weight excluding hydrogens is 236 g/mol. The summed E-state index contributed by atoms with van der Waals surface area (Å²) in [6.07, 6.45) is 0. The fourth-order valence-corrected chi connectivity index (χ4v) is 2.32. The molecular formula is C17H18O2. The normalized spacial score (nSPS) is 10.7. The molecule has 2 aromatic rings. The molecule has 2 aromatic carbocycles. The van der Waals surface area contributed by atoms with Crippen molar-refractivity contribution in [1.82, 2.24) is 0 Å². The summed E-state index contributed by atoms with van der Waals surface area (Å²) in [4.78, 5) is 11.4. The van der Waals surface area contributed by atoms with Gasteiger partial charge in [-0.25, -0.2) is 4.79 Å². The summed E-state index contributed by atoms with van der Waals surface area (Å²) in [6, 6.07) is 13.7. The number of carbonyl (C=O) groups is 1. The van der Waals surface area contributed by atoms with Crippen LogP contribution in [0.4, 0.5) is 0 Å². The van der Waals surface area contributed by atoms with E-state index in [-0.39, 0.29) is 5.92 Å². The Morgan fingerprint density at radius 1 is 1.11 bits per heavy atom. The molecule has 0 saturated carbocycles. The monoisotopic (exact) mass is 254 g/mol. The number of hydrogen-bond donors (Lipinski definition) is 1. The standard InChI is InChI=1S/C17H18O2/c1-11(2)14-9-12(3)15(10-16(14)17(18)19)13-7-5-4-6-8-13/h4-11H,1-3H3,(H,18,19). The van der Waals surface area contributed by atoms with Gasteiger partial charge in [-0.05, 0) is 41.2 Å². The fraction of sp³-hybridized carbons (Fsp3) is 0.235. The summed E-state index contributed by atoms with van der Waals surface area (Å²) in [6.45, 7) is 6.06. The van der Waals surface area contributed by atoms with Crippen LogP contribution in [0.25, 0.3) is 11.1 Å². The largest absolute Gasteiger partial charge is 0.478 e. The van der Waals surface area contributed by atoms with Crippen molar-refractivity contribution in [2.45, 2.75) is 26.7 Å². The van der Waals surface area contributed by atoms with E-state index in [0.29, 0.717) is 5.56 Å². The lowest BCUT2D eigenvalue weighted by atomic mass is 9.90. The third kappa shape index (κ3) is 2.68. The van der Waals surface area contributed by atoms with Crippen LogP contribution < -0.4 is 0 Å². The molecule has 0 aromatic heterocycles. The molecule has 19 heavy (non-hydrogen) atoms. The number of carboxylic acids is 1.